The summed E-state index contributed by atoms with van der Waals surface area (Å²) in [6.45, 7) is 8.02. The van der Waals surface area contributed by atoms with Crippen LogP contribution >= 0.6 is 0 Å². The Labute approximate surface area is 111 Å². The fourth-order valence-electron chi connectivity index (χ4n) is 2.82. The van der Waals surface area contributed by atoms with Gasteiger partial charge in [-0.15, -0.1) is 0 Å². The molecule has 1 aliphatic heterocycles. The van der Waals surface area contributed by atoms with Crippen LogP contribution in [0.25, 0.3) is 0 Å². The highest BCUT2D eigenvalue weighted by Crippen LogP contribution is 2.32. The van der Waals surface area contributed by atoms with Gasteiger partial charge in [0, 0.05) is 23.8 Å². The number of rotatable bonds is 3. The minimum Gasteiger partial charge on any atom is -0.365 e. The van der Waals surface area contributed by atoms with Crippen LogP contribution < -0.4 is 10.2 Å². The highest BCUT2D eigenvalue weighted by molar-refractivity contribution is 5.50. The Morgan fingerprint density at radius 1 is 1.28 bits per heavy atom. The molecular weight excluding hydrogens is 220 g/mol. The minimum atomic E-state index is 0.265. The van der Waals surface area contributed by atoms with Crippen molar-refractivity contribution < 1.29 is 0 Å². The van der Waals surface area contributed by atoms with Crippen LogP contribution in [0.1, 0.15) is 39.2 Å². The Kier molecular flexibility index (Phi) is 3.96. The summed E-state index contributed by atoms with van der Waals surface area (Å²) in [7, 11) is 2.07. The first-order chi connectivity index (χ1) is 8.56. The molecule has 1 saturated heterocycles. The van der Waals surface area contributed by atoms with E-state index >= 15 is 0 Å². The van der Waals surface area contributed by atoms with Gasteiger partial charge in [-0.05, 0) is 57.9 Å². The molecule has 1 atom stereocenters. The topological polar surface area (TPSA) is 15.3 Å². The molecule has 0 bridgehead atoms. The number of hydrogen-bond donors (Lipinski definition) is 1. The molecule has 100 valence electrons. The smallest absolute Gasteiger partial charge is 0.0371 e. The maximum absolute atomic E-state index is 3.42. The molecule has 1 aromatic rings. The standard InChI is InChI=1S/C16H26N2/c1-5-13-6-8-15(9-7-13)18-12-14(17-4)10-11-16(18,2)3/h6-9,14,17H,5,10-12H2,1-4H3. The zero-order chi connectivity index (χ0) is 13.2. The summed E-state index contributed by atoms with van der Waals surface area (Å²) in [6, 6.07) is 9.68. The van der Waals surface area contributed by atoms with E-state index in [0.29, 0.717) is 6.04 Å². The largest absolute Gasteiger partial charge is 0.365 e. The molecule has 1 N–H and O–H groups in total. The van der Waals surface area contributed by atoms with Crippen molar-refractivity contribution in [2.45, 2.75) is 51.6 Å². The Bertz CT molecular complexity index is 381. The van der Waals surface area contributed by atoms with Gasteiger partial charge >= 0.3 is 0 Å². The third kappa shape index (κ3) is 2.69. The molecule has 0 radical (unpaired) electrons. The first-order valence-electron chi connectivity index (χ1n) is 7.10. The Hall–Kier alpha value is -1.02. The molecule has 2 rings (SSSR count). The fourth-order valence-corrected chi connectivity index (χ4v) is 2.82. The number of nitrogens with one attached hydrogen (secondary N) is 1. The van der Waals surface area contributed by atoms with Crippen molar-refractivity contribution in [2.24, 2.45) is 0 Å². The summed E-state index contributed by atoms with van der Waals surface area (Å²) < 4.78 is 0. The quantitative estimate of drug-likeness (QED) is 0.881. The predicted molar refractivity (Wildman–Crippen MR) is 79.3 cm³/mol. The predicted octanol–water partition coefficient (Wildman–Crippen LogP) is 3.22. The summed E-state index contributed by atoms with van der Waals surface area (Å²) >= 11 is 0. The first-order valence-corrected chi connectivity index (χ1v) is 7.10. The van der Waals surface area contributed by atoms with Crippen LogP contribution in [0.2, 0.25) is 0 Å². The summed E-state index contributed by atoms with van der Waals surface area (Å²) in [5.74, 6) is 0. The SMILES string of the molecule is CCc1ccc(N2CC(NC)CCC2(C)C)cc1. The summed E-state index contributed by atoms with van der Waals surface area (Å²) in [4.78, 5) is 2.55. The summed E-state index contributed by atoms with van der Waals surface area (Å²) in [5.41, 5.74) is 3.04. The number of hydrogen-bond acceptors (Lipinski definition) is 2. The lowest BCUT2D eigenvalue weighted by Gasteiger charge is -2.47. The molecule has 0 spiro atoms. The van der Waals surface area contributed by atoms with Gasteiger partial charge in [0.2, 0.25) is 0 Å². The molecule has 2 heteroatoms. The molecule has 0 aliphatic carbocycles. The minimum absolute atomic E-state index is 0.265. The molecule has 0 amide bonds. The second-order valence-corrected chi connectivity index (χ2v) is 5.97. The average Bonchev–Trinajstić information content (AvgIpc) is 2.39. The normalized spacial score (nSPS) is 23.1. The van der Waals surface area contributed by atoms with Gasteiger partial charge < -0.3 is 10.2 Å². The Morgan fingerprint density at radius 2 is 1.94 bits per heavy atom. The van der Waals surface area contributed by atoms with E-state index in [9.17, 15) is 0 Å². The molecule has 18 heavy (non-hydrogen) atoms. The maximum atomic E-state index is 3.42. The van der Waals surface area contributed by atoms with E-state index < -0.39 is 0 Å². The van der Waals surface area contributed by atoms with Gasteiger partial charge in [-0.2, -0.15) is 0 Å². The van der Waals surface area contributed by atoms with Crippen LogP contribution in [0, 0.1) is 0 Å². The van der Waals surface area contributed by atoms with Crippen LogP contribution in [0.3, 0.4) is 0 Å². The molecule has 1 aliphatic rings. The van der Waals surface area contributed by atoms with Crippen LogP contribution in [0.4, 0.5) is 5.69 Å². The lowest BCUT2D eigenvalue weighted by atomic mass is 9.87. The van der Waals surface area contributed by atoms with Gasteiger partial charge in [-0.3, -0.25) is 0 Å². The molecule has 1 fully saturated rings. The van der Waals surface area contributed by atoms with Gasteiger partial charge in [0.1, 0.15) is 0 Å². The zero-order valence-electron chi connectivity index (χ0n) is 12.2. The van der Waals surface area contributed by atoms with Crippen LogP contribution in [0.5, 0.6) is 0 Å². The van der Waals surface area contributed by atoms with E-state index in [4.69, 9.17) is 0 Å². The van der Waals surface area contributed by atoms with Crippen molar-refractivity contribution >= 4 is 5.69 Å². The van der Waals surface area contributed by atoms with Gasteiger partial charge in [-0.25, -0.2) is 0 Å². The number of piperidine rings is 1. The van der Waals surface area contributed by atoms with Crippen molar-refractivity contribution in [2.75, 3.05) is 18.5 Å². The zero-order valence-corrected chi connectivity index (χ0v) is 12.2. The summed E-state index contributed by atoms with van der Waals surface area (Å²) in [5, 5.41) is 3.42. The van der Waals surface area contributed by atoms with Gasteiger partial charge in [0.25, 0.3) is 0 Å². The lowest BCUT2D eigenvalue weighted by Crippen LogP contribution is -2.55. The molecule has 0 aromatic heterocycles. The number of aryl methyl sites for hydroxylation is 1. The van der Waals surface area contributed by atoms with Crippen molar-refractivity contribution in [1.82, 2.24) is 5.32 Å². The van der Waals surface area contributed by atoms with Crippen LogP contribution in [-0.4, -0.2) is 25.2 Å². The average molecular weight is 246 g/mol. The number of anilines is 1. The van der Waals surface area contributed by atoms with E-state index in [1.165, 1.54) is 24.1 Å². The van der Waals surface area contributed by atoms with E-state index in [2.05, 4.69) is 62.3 Å². The molecule has 2 nitrogen and oxygen atoms in total. The van der Waals surface area contributed by atoms with Gasteiger partial charge in [0.15, 0.2) is 0 Å². The van der Waals surface area contributed by atoms with Crippen molar-refractivity contribution in [1.29, 1.82) is 0 Å². The molecule has 1 unspecified atom stereocenters. The van der Waals surface area contributed by atoms with E-state index in [0.717, 1.165) is 13.0 Å². The fraction of sp³-hybridized carbons (Fsp3) is 0.625. The monoisotopic (exact) mass is 246 g/mol. The van der Waals surface area contributed by atoms with Gasteiger partial charge in [0.05, 0.1) is 0 Å². The molecule has 1 heterocycles. The van der Waals surface area contributed by atoms with Crippen LogP contribution in [-0.2, 0) is 6.42 Å². The lowest BCUT2D eigenvalue weighted by molar-refractivity contribution is 0.313. The third-order valence-electron chi connectivity index (χ3n) is 4.30. The molecule has 1 aromatic carbocycles. The molecule has 0 saturated carbocycles. The second-order valence-electron chi connectivity index (χ2n) is 5.97. The number of likely N-dealkylation sites (N-methyl/N-ethyl adjacent to an activating group) is 1. The van der Waals surface area contributed by atoms with Gasteiger partial charge in [-0.1, -0.05) is 19.1 Å². The van der Waals surface area contributed by atoms with E-state index in [1.54, 1.807) is 0 Å². The van der Waals surface area contributed by atoms with Crippen LogP contribution in [0.15, 0.2) is 24.3 Å². The Morgan fingerprint density at radius 3 is 2.50 bits per heavy atom. The Balaban J connectivity index is 2.21. The summed E-state index contributed by atoms with van der Waals surface area (Å²) in [6.07, 6.45) is 3.63. The molecular formula is C16H26N2. The number of benzene rings is 1. The van der Waals surface area contributed by atoms with Crippen molar-refractivity contribution in [3.8, 4) is 0 Å². The first kappa shape index (κ1) is 13.4. The van der Waals surface area contributed by atoms with Crippen molar-refractivity contribution in [3.05, 3.63) is 29.8 Å². The van der Waals surface area contributed by atoms with E-state index in [-0.39, 0.29) is 5.54 Å². The van der Waals surface area contributed by atoms with Crippen molar-refractivity contribution in [3.63, 3.8) is 0 Å². The highest BCUT2D eigenvalue weighted by atomic mass is 15.2. The highest BCUT2D eigenvalue weighted by Gasteiger charge is 2.33. The van der Waals surface area contributed by atoms with E-state index in [1.807, 2.05) is 0 Å². The third-order valence-corrected chi connectivity index (χ3v) is 4.30. The second kappa shape index (κ2) is 5.31. The number of nitrogens with zero attached hydrogens (tertiary/aromatic N) is 1. The maximum Gasteiger partial charge on any atom is 0.0371 e.